The van der Waals surface area contributed by atoms with E-state index in [9.17, 15) is 32.3 Å². The Hall–Kier alpha value is -4.80. The fraction of sp³-hybridized carbons (Fsp3) is 0.179. The van der Waals surface area contributed by atoms with Gasteiger partial charge in [0.15, 0.2) is 5.82 Å². The van der Waals surface area contributed by atoms with E-state index >= 15 is 0 Å². The van der Waals surface area contributed by atoms with Crippen molar-refractivity contribution in [3.05, 3.63) is 94.6 Å². The first-order chi connectivity index (χ1) is 18.7. The third kappa shape index (κ3) is 3.89. The molecule has 0 radical (unpaired) electrons. The minimum Gasteiger partial charge on any atom is -0.274 e. The molecule has 3 heterocycles. The summed E-state index contributed by atoms with van der Waals surface area (Å²) in [5, 5.41) is 4.37. The van der Waals surface area contributed by atoms with E-state index < -0.39 is 35.4 Å². The third-order valence-corrected chi connectivity index (χ3v) is 6.90. The highest BCUT2D eigenvalue weighted by Gasteiger charge is 2.41. The lowest BCUT2D eigenvalue weighted by Gasteiger charge is -2.14. The number of aromatic nitrogens is 2. The number of rotatable bonds is 5. The van der Waals surface area contributed by atoms with Gasteiger partial charge in [0, 0.05) is 18.5 Å². The number of alkyl halides is 3. The van der Waals surface area contributed by atoms with Gasteiger partial charge in [-0.25, -0.2) is 4.90 Å². The summed E-state index contributed by atoms with van der Waals surface area (Å²) >= 11 is 0. The number of hydrogen-bond donors (Lipinski definition) is 0. The van der Waals surface area contributed by atoms with Gasteiger partial charge < -0.3 is 0 Å². The molecule has 11 heteroatoms. The molecule has 6 rings (SSSR count). The highest BCUT2D eigenvalue weighted by Crippen LogP contribution is 2.38. The zero-order chi connectivity index (χ0) is 27.5. The van der Waals surface area contributed by atoms with Crippen molar-refractivity contribution in [2.45, 2.75) is 25.6 Å². The van der Waals surface area contributed by atoms with Gasteiger partial charge in [0.25, 0.3) is 23.6 Å². The second kappa shape index (κ2) is 8.90. The first kappa shape index (κ1) is 24.5. The minimum absolute atomic E-state index is 0.0159. The summed E-state index contributed by atoms with van der Waals surface area (Å²) in [6.45, 7) is 0.162. The van der Waals surface area contributed by atoms with Crippen LogP contribution in [0.1, 0.15) is 39.1 Å². The number of amides is 4. The SMILES string of the molecule is O=C1c2ccccc2C(=O)N1CCCn1nc(N2C(=O)C3=C(C=CCC=C3)C2=O)c2cc(C(F)(F)F)ccc21. The summed E-state index contributed by atoms with van der Waals surface area (Å²) in [5.74, 6) is -2.39. The van der Waals surface area contributed by atoms with Gasteiger partial charge in [0.2, 0.25) is 0 Å². The maximum atomic E-state index is 13.6. The van der Waals surface area contributed by atoms with Gasteiger partial charge in [0.05, 0.1) is 33.4 Å². The van der Waals surface area contributed by atoms with Gasteiger partial charge >= 0.3 is 6.18 Å². The van der Waals surface area contributed by atoms with Crippen molar-refractivity contribution in [2.24, 2.45) is 0 Å². The molecule has 8 nitrogen and oxygen atoms in total. The van der Waals surface area contributed by atoms with Gasteiger partial charge in [-0.3, -0.25) is 28.8 Å². The van der Waals surface area contributed by atoms with Crippen LogP contribution in [0.4, 0.5) is 19.0 Å². The molecule has 4 amide bonds. The first-order valence-corrected chi connectivity index (χ1v) is 12.2. The number of aryl methyl sites for hydroxylation is 1. The normalized spacial score (nSPS) is 17.1. The Morgan fingerprint density at radius 2 is 1.41 bits per heavy atom. The molecule has 0 saturated carbocycles. The molecule has 2 aromatic carbocycles. The van der Waals surface area contributed by atoms with Crippen molar-refractivity contribution >= 4 is 40.3 Å². The van der Waals surface area contributed by atoms with Crippen molar-refractivity contribution in [3.8, 4) is 0 Å². The molecule has 0 unspecified atom stereocenters. The average molecular weight is 532 g/mol. The predicted octanol–water partition coefficient (Wildman–Crippen LogP) is 4.43. The molecular formula is C28H19F3N4O4. The maximum Gasteiger partial charge on any atom is 0.416 e. The molecule has 2 aliphatic heterocycles. The smallest absolute Gasteiger partial charge is 0.274 e. The lowest BCUT2D eigenvalue weighted by atomic mass is 10.1. The molecule has 0 spiro atoms. The Morgan fingerprint density at radius 3 is 2.00 bits per heavy atom. The zero-order valence-electron chi connectivity index (χ0n) is 20.2. The van der Waals surface area contributed by atoms with Crippen LogP contribution in [-0.2, 0) is 22.3 Å². The maximum absolute atomic E-state index is 13.6. The molecule has 0 N–H and O–H groups in total. The quantitative estimate of drug-likeness (QED) is 0.454. The summed E-state index contributed by atoms with van der Waals surface area (Å²) in [5.41, 5.74) is 0.248. The molecule has 39 heavy (non-hydrogen) atoms. The van der Waals surface area contributed by atoms with Crippen molar-refractivity contribution in [1.29, 1.82) is 0 Å². The van der Waals surface area contributed by atoms with Crippen molar-refractivity contribution < 1.29 is 32.3 Å². The molecule has 0 saturated heterocycles. The molecule has 0 fully saturated rings. The van der Waals surface area contributed by atoms with Crippen LogP contribution in [-0.4, -0.2) is 44.9 Å². The fourth-order valence-electron chi connectivity index (χ4n) is 5.02. The predicted molar refractivity (Wildman–Crippen MR) is 134 cm³/mol. The number of nitrogens with zero attached hydrogens (tertiary/aromatic N) is 4. The summed E-state index contributed by atoms with van der Waals surface area (Å²) < 4.78 is 42.1. The van der Waals surface area contributed by atoms with Crippen LogP contribution in [0.15, 0.2) is 77.9 Å². The van der Waals surface area contributed by atoms with Crippen molar-refractivity contribution in [2.75, 3.05) is 11.4 Å². The van der Waals surface area contributed by atoms with Crippen molar-refractivity contribution in [3.63, 3.8) is 0 Å². The van der Waals surface area contributed by atoms with Gasteiger partial charge in [-0.05, 0) is 43.2 Å². The zero-order valence-corrected chi connectivity index (χ0v) is 20.2. The number of hydrogen-bond acceptors (Lipinski definition) is 5. The monoisotopic (exact) mass is 532 g/mol. The summed E-state index contributed by atoms with van der Waals surface area (Å²) in [4.78, 5) is 53.7. The van der Waals surface area contributed by atoms with Crippen LogP contribution in [0, 0.1) is 0 Å². The second-order valence-electron chi connectivity index (χ2n) is 9.25. The Labute approximate surface area is 219 Å². The average Bonchev–Trinajstić information content (AvgIpc) is 3.35. The van der Waals surface area contributed by atoms with E-state index in [0.717, 1.165) is 21.9 Å². The molecular weight excluding hydrogens is 513 g/mol. The lowest BCUT2D eigenvalue weighted by Crippen LogP contribution is -2.32. The van der Waals surface area contributed by atoms with Gasteiger partial charge in [-0.2, -0.15) is 18.3 Å². The van der Waals surface area contributed by atoms with E-state index in [1.165, 1.54) is 22.9 Å². The van der Waals surface area contributed by atoms with E-state index in [2.05, 4.69) is 5.10 Å². The number of fused-ring (bicyclic) bond motifs is 2. The Balaban J connectivity index is 1.33. The summed E-state index contributed by atoms with van der Waals surface area (Å²) in [6, 6.07) is 9.49. The van der Waals surface area contributed by atoms with Crippen LogP contribution >= 0.6 is 0 Å². The number of anilines is 1. The Kier molecular flexibility index (Phi) is 5.60. The molecule has 1 aliphatic carbocycles. The third-order valence-electron chi connectivity index (χ3n) is 6.90. The molecule has 1 aromatic heterocycles. The van der Waals surface area contributed by atoms with Gasteiger partial charge in [-0.15, -0.1) is 0 Å². The van der Waals surface area contributed by atoms with Gasteiger partial charge in [-0.1, -0.05) is 36.4 Å². The van der Waals surface area contributed by atoms with Crippen LogP contribution in [0.2, 0.25) is 0 Å². The number of allylic oxidation sites excluding steroid dienone is 2. The van der Waals surface area contributed by atoms with Gasteiger partial charge in [0.1, 0.15) is 0 Å². The molecule has 0 bridgehead atoms. The second-order valence-corrected chi connectivity index (χ2v) is 9.25. The lowest BCUT2D eigenvalue weighted by molar-refractivity contribution is -0.137. The summed E-state index contributed by atoms with van der Waals surface area (Å²) in [6.07, 6.45) is 2.60. The minimum atomic E-state index is -4.65. The van der Waals surface area contributed by atoms with Crippen LogP contribution < -0.4 is 4.90 Å². The van der Waals surface area contributed by atoms with E-state index in [1.807, 2.05) is 0 Å². The van der Waals surface area contributed by atoms with E-state index in [0.29, 0.717) is 17.5 Å². The standard InChI is InChI=1S/C28H19F3N4O4/c29-28(30,31)16-11-12-22-21(15-16)23(35-26(38)19-7-2-1-3-8-20(19)27(35)39)32-34(22)14-6-13-33-24(36)17-9-4-5-10-18(17)25(33)37/h2-5,7-12,15H,1,6,13-14H2. The Morgan fingerprint density at radius 1 is 0.795 bits per heavy atom. The number of carbonyl (C=O) groups excluding carboxylic acids is 4. The fourth-order valence-corrected chi connectivity index (χ4v) is 5.02. The Bertz CT molecular complexity index is 1630. The molecule has 3 aromatic rings. The summed E-state index contributed by atoms with van der Waals surface area (Å²) in [7, 11) is 0. The first-order valence-electron chi connectivity index (χ1n) is 12.2. The number of halogens is 3. The largest absolute Gasteiger partial charge is 0.416 e. The topological polar surface area (TPSA) is 92.6 Å². The van der Waals surface area contributed by atoms with E-state index in [1.54, 1.807) is 36.4 Å². The molecule has 196 valence electrons. The van der Waals surface area contributed by atoms with Crippen LogP contribution in [0.3, 0.4) is 0 Å². The highest BCUT2D eigenvalue weighted by atomic mass is 19.4. The number of carbonyl (C=O) groups is 4. The van der Waals surface area contributed by atoms with E-state index in [4.69, 9.17) is 0 Å². The van der Waals surface area contributed by atoms with Crippen molar-refractivity contribution in [1.82, 2.24) is 14.7 Å². The van der Waals surface area contributed by atoms with Crippen LogP contribution in [0.5, 0.6) is 0 Å². The van der Waals surface area contributed by atoms with E-state index in [-0.39, 0.29) is 47.4 Å². The molecule has 3 aliphatic rings. The molecule has 0 atom stereocenters. The number of benzene rings is 2. The highest BCUT2D eigenvalue weighted by molar-refractivity contribution is 6.36. The van der Waals surface area contributed by atoms with Crippen LogP contribution in [0.25, 0.3) is 10.9 Å². The number of imide groups is 2.